The number of nitrogens with one attached hydrogen (secondary N) is 2. The average molecular weight is 398 g/mol. The van der Waals surface area contributed by atoms with Gasteiger partial charge in [-0.15, -0.1) is 11.3 Å². The Morgan fingerprint density at radius 2 is 2.08 bits per heavy atom. The van der Waals surface area contributed by atoms with Crippen molar-refractivity contribution in [2.24, 2.45) is 0 Å². The third-order valence-corrected chi connectivity index (χ3v) is 5.35. The molecule has 9 heteroatoms. The Bertz CT molecular complexity index is 891. The summed E-state index contributed by atoms with van der Waals surface area (Å²) in [5, 5.41) is 3.77. The molecule has 0 saturated carbocycles. The summed E-state index contributed by atoms with van der Waals surface area (Å²) in [7, 11) is -1.99. The van der Waals surface area contributed by atoms with Gasteiger partial charge in [0, 0.05) is 11.8 Å². The summed E-state index contributed by atoms with van der Waals surface area (Å²) in [5.74, 6) is 0.0755. The van der Waals surface area contributed by atoms with E-state index in [4.69, 9.17) is 4.74 Å². The zero-order valence-electron chi connectivity index (χ0n) is 15.3. The minimum Gasteiger partial charge on any atom is -0.494 e. The molecule has 1 heterocycles. The van der Waals surface area contributed by atoms with Crippen molar-refractivity contribution in [3.05, 3.63) is 33.8 Å². The van der Waals surface area contributed by atoms with Gasteiger partial charge in [0.2, 0.25) is 10.0 Å². The quantitative estimate of drug-likeness (QED) is 0.711. The molecule has 0 aliphatic heterocycles. The Kier molecular flexibility index (Phi) is 6.60. The second kappa shape index (κ2) is 8.50. The van der Waals surface area contributed by atoms with E-state index in [0.29, 0.717) is 27.7 Å². The van der Waals surface area contributed by atoms with Gasteiger partial charge < -0.3 is 10.1 Å². The van der Waals surface area contributed by atoms with Gasteiger partial charge in [-0.25, -0.2) is 13.4 Å². The molecular weight excluding hydrogens is 374 g/mol. The van der Waals surface area contributed by atoms with E-state index in [-0.39, 0.29) is 5.91 Å². The number of carbonyl (C=O) groups is 1. The van der Waals surface area contributed by atoms with Crippen LogP contribution in [0.1, 0.15) is 40.1 Å². The molecule has 0 aliphatic carbocycles. The van der Waals surface area contributed by atoms with Crippen LogP contribution in [0.2, 0.25) is 0 Å². The normalized spacial score (nSPS) is 11.2. The van der Waals surface area contributed by atoms with Crippen molar-refractivity contribution in [2.75, 3.05) is 23.4 Å². The van der Waals surface area contributed by atoms with Crippen LogP contribution >= 0.6 is 11.3 Å². The number of hydrogen-bond acceptors (Lipinski definition) is 6. The van der Waals surface area contributed by atoms with Crippen LogP contribution < -0.4 is 14.8 Å². The first kappa shape index (κ1) is 20.2. The number of aromatic nitrogens is 1. The lowest BCUT2D eigenvalue weighted by Crippen LogP contribution is -2.13. The zero-order chi connectivity index (χ0) is 19.3. The molecule has 0 aliphatic rings. The number of benzene rings is 1. The summed E-state index contributed by atoms with van der Waals surface area (Å²) in [4.78, 5) is 17.6. The molecule has 0 fully saturated rings. The first-order valence-corrected chi connectivity index (χ1v) is 10.9. The monoisotopic (exact) mass is 397 g/mol. The minimum atomic E-state index is -3.42. The number of sulfonamides is 1. The maximum atomic E-state index is 12.5. The van der Waals surface area contributed by atoms with Crippen LogP contribution in [0.4, 0.5) is 11.4 Å². The van der Waals surface area contributed by atoms with Gasteiger partial charge in [0.1, 0.15) is 10.6 Å². The van der Waals surface area contributed by atoms with Gasteiger partial charge in [-0.1, -0.05) is 13.3 Å². The highest BCUT2D eigenvalue weighted by Gasteiger charge is 2.16. The van der Waals surface area contributed by atoms with Crippen molar-refractivity contribution >= 4 is 38.6 Å². The van der Waals surface area contributed by atoms with E-state index in [1.807, 2.05) is 6.92 Å². The smallest absolute Gasteiger partial charge is 0.267 e. The highest BCUT2D eigenvalue weighted by molar-refractivity contribution is 7.92. The van der Waals surface area contributed by atoms with Gasteiger partial charge in [0.05, 0.1) is 29.8 Å². The number of rotatable bonds is 8. The number of hydrogen-bond donors (Lipinski definition) is 2. The fourth-order valence-corrected chi connectivity index (χ4v) is 3.91. The molecule has 0 radical (unpaired) electrons. The molecule has 0 bridgehead atoms. The van der Waals surface area contributed by atoms with Gasteiger partial charge in [-0.2, -0.15) is 0 Å². The first-order valence-electron chi connectivity index (χ1n) is 8.17. The molecule has 7 nitrogen and oxygen atoms in total. The second-order valence-electron chi connectivity index (χ2n) is 5.87. The lowest BCUT2D eigenvalue weighted by molar-refractivity contribution is 0.103. The Morgan fingerprint density at radius 3 is 2.69 bits per heavy atom. The van der Waals surface area contributed by atoms with Crippen LogP contribution in [0.15, 0.2) is 18.2 Å². The summed E-state index contributed by atoms with van der Waals surface area (Å²) < 4.78 is 30.4. The van der Waals surface area contributed by atoms with Crippen LogP contribution in [0.25, 0.3) is 0 Å². The number of ether oxygens (including phenoxy) is 1. The highest BCUT2D eigenvalue weighted by Crippen LogP contribution is 2.29. The van der Waals surface area contributed by atoms with E-state index < -0.39 is 10.0 Å². The van der Waals surface area contributed by atoms with E-state index in [1.165, 1.54) is 18.4 Å². The molecule has 0 unspecified atom stereocenters. The molecule has 2 N–H and O–H groups in total. The second-order valence-corrected chi connectivity index (χ2v) is 8.70. The minimum absolute atomic E-state index is 0.242. The van der Waals surface area contributed by atoms with Crippen molar-refractivity contribution in [1.29, 1.82) is 0 Å². The summed E-state index contributed by atoms with van der Waals surface area (Å²) in [5.41, 5.74) is 1.53. The van der Waals surface area contributed by atoms with Crippen molar-refractivity contribution in [2.45, 2.75) is 33.1 Å². The van der Waals surface area contributed by atoms with Crippen molar-refractivity contribution < 1.29 is 17.9 Å². The Morgan fingerprint density at radius 1 is 1.35 bits per heavy atom. The van der Waals surface area contributed by atoms with E-state index in [9.17, 15) is 13.2 Å². The molecule has 2 aromatic rings. The maximum Gasteiger partial charge on any atom is 0.267 e. The van der Waals surface area contributed by atoms with E-state index in [0.717, 1.165) is 30.5 Å². The third-order valence-electron chi connectivity index (χ3n) is 3.55. The lowest BCUT2D eigenvalue weighted by atomic mass is 10.2. The van der Waals surface area contributed by atoms with Crippen LogP contribution in [0, 0.1) is 6.92 Å². The number of unbranched alkanes of at least 4 members (excludes halogenated alkanes) is 1. The van der Waals surface area contributed by atoms with Crippen LogP contribution in [0.5, 0.6) is 5.75 Å². The Hall–Kier alpha value is -2.13. The maximum absolute atomic E-state index is 12.5. The average Bonchev–Trinajstić information content (AvgIpc) is 2.94. The third kappa shape index (κ3) is 5.43. The van der Waals surface area contributed by atoms with E-state index in [1.54, 1.807) is 18.2 Å². The van der Waals surface area contributed by atoms with Crippen LogP contribution in [-0.4, -0.2) is 32.7 Å². The molecule has 2 rings (SSSR count). The van der Waals surface area contributed by atoms with Crippen molar-refractivity contribution in [1.82, 2.24) is 4.98 Å². The van der Waals surface area contributed by atoms with Gasteiger partial charge in [0.25, 0.3) is 5.91 Å². The Balaban J connectivity index is 2.17. The molecule has 0 saturated heterocycles. The predicted octanol–water partition coefficient (Wildman–Crippen LogP) is 3.43. The van der Waals surface area contributed by atoms with Gasteiger partial charge in [-0.3, -0.25) is 9.52 Å². The molecule has 26 heavy (non-hydrogen) atoms. The number of aryl methyl sites for hydroxylation is 2. The molecule has 1 aromatic heterocycles. The molecule has 0 spiro atoms. The predicted molar refractivity (Wildman–Crippen MR) is 105 cm³/mol. The topological polar surface area (TPSA) is 97.4 Å². The van der Waals surface area contributed by atoms with Gasteiger partial charge >= 0.3 is 0 Å². The summed E-state index contributed by atoms with van der Waals surface area (Å²) >= 11 is 1.40. The fraction of sp³-hybridized carbons (Fsp3) is 0.412. The standard InChI is InChI=1S/C17H23N3O4S2/c1-5-6-7-15-18-11(2)16(25-15)17(21)19-12-8-9-13(14(10-12)24-3)20-26(4,22)23/h8-10,20H,5-7H2,1-4H3,(H,19,21). The highest BCUT2D eigenvalue weighted by atomic mass is 32.2. The Labute approximate surface area is 157 Å². The van der Waals surface area contributed by atoms with Gasteiger partial charge in [-0.05, 0) is 31.9 Å². The first-order chi connectivity index (χ1) is 12.2. The number of thiazole rings is 1. The zero-order valence-corrected chi connectivity index (χ0v) is 16.9. The van der Waals surface area contributed by atoms with E-state index in [2.05, 4.69) is 21.9 Å². The summed E-state index contributed by atoms with van der Waals surface area (Å²) in [6.45, 7) is 3.93. The largest absolute Gasteiger partial charge is 0.494 e. The molecule has 0 atom stereocenters. The number of carbonyl (C=O) groups excluding carboxylic acids is 1. The molecule has 1 amide bonds. The number of anilines is 2. The summed E-state index contributed by atoms with van der Waals surface area (Å²) in [6.07, 6.45) is 4.05. The van der Waals surface area contributed by atoms with Crippen molar-refractivity contribution in [3.8, 4) is 5.75 Å². The number of amides is 1. The molecule has 142 valence electrons. The molecule has 1 aromatic carbocycles. The number of nitrogens with zero attached hydrogens (tertiary/aromatic N) is 1. The molecular formula is C17H23N3O4S2. The van der Waals surface area contributed by atoms with Crippen LogP contribution in [-0.2, 0) is 16.4 Å². The van der Waals surface area contributed by atoms with Gasteiger partial charge in [0.15, 0.2) is 0 Å². The van der Waals surface area contributed by atoms with Crippen LogP contribution in [0.3, 0.4) is 0 Å². The fourth-order valence-electron chi connectivity index (χ4n) is 2.34. The van der Waals surface area contributed by atoms with E-state index >= 15 is 0 Å². The van der Waals surface area contributed by atoms with Crippen molar-refractivity contribution in [3.63, 3.8) is 0 Å². The lowest BCUT2D eigenvalue weighted by Gasteiger charge is -2.12. The number of methoxy groups -OCH3 is 1. The SMILES string of the molecule is CCCCc1nc(C)c(C(=O)Nc2ccc(NS(C)(=O)=O)c(OC)c2)s1. The summed E-state index contributed by atoms with van der Waals surface area (Å²) in [6, 6.07) is 4.73.